The molecule has 0 saturated carbocycles. The van der Waals surface area contributed by atoms with Gasteiger partial charge in [-0.1, -0.05) is 40.2 Å². The minimum absolute atomic E-state index is 0.0191. The third-order valence-corrected chi connectivity index (χ3v) is 5.76. The lowest BCUT2D eigenvalue weighted by atomic mass is 10.00. The first-order valence-electron chi connectivity index (χ1n) is 10.6. The predicted molar refractivity (Wildman–Crippen MR) is 137 cm³/mol. The zero-order valence-corrected chi connectivity index (χ0v) is 20.5. The third kappa shape index (κ3) is 4.65. The molecular formula is C27H23BrO6. The van der Waals surface area contributed by atoms with E-state index in [2.05, 4.69) is 15.9 Å². The maximum Gasteiger partial charge on any atom is 0.235 e. The van der Waals surface area contributed by atoms with Gasteiger partial charge in [-0.05, 0) is 54.4 Å². The monoisotopic (exact) mass is 522 g/mol. The first kappa shape index (κ1) is 23.4. The molecule has 4 rings (SSSR count). The average molecular weight is 523 g/mol. The van der Waals surface area contributed by atoms with Crippen molar-refractivity contribution in [1.82, 2.24) is 0 Å². The smallest absolute Gasteiger partial charge is 0.235 e. The third-order valence-electron chi connectivity index (χ3n) is 5.26. The molecule has 0 aliphatic heterocycles. The Hall–Kier alpha value is -3.71. The molecule has 0 bridgehead atoms. The van der Waals surface area contributed by atoms with Gasteiger partial charge in [0.05, 0.1) is 31.8 Å². The van der Waals surface area contributed by atoms with Crippen molar-refractivity contribution < 1.29 is 23.7 Å². The first-order chi connectivity index (χ1) is 16.4. The van der Waals surface area contributed by atoms with Gasteiger partial charge in [0.25, 0.3) is 0 Å². The Morgan fingerprint density at radius 1 is 0.971 bits per heavy atom. The molecule has 1 aromatic heterocycles. The normalized spacial score (nSPS) is 11.2. The topological polar surface area (TPSA) is 78.1 Å². The van der Waals surface area contributed by atoms with E-state index >= 15 is 0 Å². The molecule has 0 amide bonds. The Morgan fingerprint density at radius 2 is 1.74 bits per heavy atom. The molecule has 34 heavy (non-hydrogen) atoms. The molecule has 3 aromatic carbocycles. The second-order valence-electron chi connectivity index (χ2n) is 7.38. The number of ether oxygens (including phenoxy) is 3. The molecule has 1 N–H and O–H groups in total. The Balaban J connectivity index is 1.90. The van der Waals surface area contributed by atoms with Gasteiger partial charge in [0.2, 0.25) is 11.2 Å². The van der Waals surface area contributed by atoms with E-state index in [9.17, 15) is 9.90 Å². The highest BCUT2D eigenvalue weighted by Gasteiger charge is 2.22. The van der Waals surface area contributed by atoms with E-state index in [1.807, 2.05) is 43.3 Å². The van der Waals surface area contributed by atoms with Gasteiger partial charge >= 0.3 is 0 Å². The highest BCUT2D eigenvalue weighted by atomic mass is 79.9. The quantitative estimate of drug-likeness (QED) is 0.278. The average Bonchev–Trinajstić information content (AvgIpc) is 2.86. The SMILES string of the molecule is CCOc1ccc(C=Cc2cc(OC)cc(OC)c2-c2oc3ccc(Br)cc3c(=O)c2O)cc1. The van der Waals surface area contributed by atoms with Crippen LogP contribution in [0.15, 0.2) is 68.3 Å². The molecule has 4 aromatic rings. The number of rotatable bonds is 7. The Bertz CT molecular complexity index is 1420. The first-order valence-corrected chi connectivity index (χ1v) is 11.4. The molecule has 6 nitrogen and oxygen atoms in total. The number of methoxy groups -OCH3 is 2. The van der Waals surface area contributed by atoms with Crippen LogP contribution in [0.1, 0.15) is 18.1 Å². The van der Waals surface area contributed by atoms with Crippen molar-refractivity contribution in [3.05, 3.63) is 80.4 Å². The van der Waals surface area contributed by atoms with Crippen LogP contribution in [-0.4, -0.2) is 25.9 Å². The van der Waals surface area contributed by atoms with Gasteiger partial charge in [-0.15, -0.1) is 0 Å². The number of halogens is 1. The van der Waals surface area contributed by atoms with Gasteiger partial charge in [0, 0.05) is 10.5 Å². The summed E-state index contributed by atoms with van der Waals surface area (Å²) in [5.74, 6) is 1.26. The summed E-state index contributed by atoms with van der Waals surface area (Å²) in [6, 6.07) is 16.2. The number of benzene rings is 3. The summed E-state index contributed by atoms with van der Waals surface area (Å²) in [6.45, 7) is 2.53. The van der Waals surface area contributed by atoms with Crippen LogP contribution in [-0.2, 0) is 0 Å². The van der Waals surface area contributed by atoms with Crippen LogP contribution in [0.25, 0.3) is 34.4 Å². The number of fused-ring (bicyclic) bond motifs is 1. The molecule has 174 valence electrons. The highest BCUT2D eigenvalue weighted by molar-refractivity contribution is 9.10. The van der Waals surface area contributed by atoms with Crippen molar-refractivity contribution in [1.29, 1.82) is 0 Å². The largest absolute Gasteiger partial charge is 0.502 e. The predicted octanol–water partition coefficient (Wildman–Crippen LogP) is 6.51. The van der Waals surface area contributed by atoms with Gasteiger partial charge in [0.15, 0.2) is 5.76 Å². The fraction of sp³-hybridized carbons (Fsp3) is 0.148. The number of hydrogen-bond acceptors (Lipinski definition) is 6. The summed E-state index contributed by atoms with van der Waals surface area (Å²) in [6.07, 6.45) is 3.75. The number of aromatic hydroxyl groups is 1. The van der Waals surface area contributed by atoms with Gasteiger partial charge in [-0.2, -0.15) is 0 Å². The lowest BCUT2D eigenvalue weighted by Crippen LogP contribution is -2.04. The van der Waals surface area contributed by atoms with E-state index in [0.717, 1.165) is 11.3 Å². The van der Waals surface area contributed by atoms with Gasteiger partial charge in [-0.3, -0.25) is 4.79 Å². The summed E-state index contributed by atoms with van der Waals surface area (Å²) < 4.78 is 23.3. The molecule has 0 spiro atoms. The number of hydrogen-bond donors (Lipinski definition) is 1. The zero-order valence-electron chi connectivity index (χ0n) is 18.9. The van der Waals surface area contributed by atoms with Gasteiger partial charge in [0.1, 0.15) is 22.8 Å². The van der Waals surface area contributed by atoms with Gasteiger partial charge < -0.3 is 23.7 Å². The molecule has 0 atom stereocenters. The fourth-order valence-electron chi connectivity index (χ4n) is 3.62. The Labute approximate surface area is 205 Å². The van der Waals surface area contributed by atoms with Gasteiger partial charge in [-0.25, -0.2) is 0 Å². The van der Waals surface area contributed by atoms with E-state index in [4.69, 9.17) is 18.6 Å². The summed E-state index contributed by atoms with van der Waals surface area (Å²) in [7, 11) is 3.06. The maximum absolute atomic E-state index is 12.9. The minimum Gasteiger partial charge on any atom is -0.502 e. The van der Waals surface area contributed by atoms with E-state index in [-0.39, 0.29) is 11.1 Å². The fourth-order valence-corrected chi connectivity index (χ4v) is 3.98. The lowest BCUT2D eigenvalue weighted by molar-refractivity contribution is 0.340. The maximum atomic E-state index is 12.9. The van der Waals surface area contributed by atoms with Crippen molar-refractivity contribution in [2.75, 3.05) is 20.8 Å². The lowest BCUT2D eigenvalue weighted by Gasteiger charge is -2.15. The zero-order chi connectivity index (χ0) is 24.2. The van der Waals surface area contributed by atoms with Crippen molar-refractivity contribution in [2.24, 2.45) is 0 Å². The van der Waals surface area contributed by atoms with E-state index < -0.39 is 11.2 Å². The van der Waals surface area contributed by atoms with Crippen LogP contribution in [0.5, 0.6) is 23.0 Å². The van der Waals surface area contributed by atoms with Crippen LogP contribution in [0, 0.1) is 0 Å². The second kappa shape index (κ2) is 10.1. The summed E-state index contributed by atoms with van der Waals surface area (Å²) in [4.78, 5) is 12.9. The second-order valence-corrected chi connectivity index (χ2v) is 8.29. The van der Waals surface area contributed by atoms with Crippen LogP contribution in [0.4, 0.5) is 0 Å². The van der Waals surface area contributed by atoms with E-state index in [1.165, 1.54) is 7.11 Å². The Morgan fingerprint density at radius 3 is 2.41 bits per heavy atom. The highest BCUT2D eigenvalue weighted by Crippen LogP contribution is 2.42. The molecular weight excluding hydrogens is 500 g/mol. The molecule has 0 saturated heterocycles. The summed E-state index contributed by atoms with van der Waals surface area (Å²) >= 11 is 3.35. The van der Waals surface area contributed by atoms with Crippen LogP contribution >= 0.6 is 15.9 Å². The van der Waals surface area contributed by atoms with E-state index in [0.29, 0.717) is 39.3 Å². The summed E-state index contributed by atoms with van der Waals surface area (Å²) in [5, 5.41) is 11.1. The standard InChI is InChI=1S/C27H23BrO6/c1-4-33-19-10-6-16(7-11-19)5-8-17-13-20(31-2)15-23(32-3)24(17)27-26(30)25(29)21-14-18(28)9-12-22(21)34-27/h5-15,30H,4H2,1-3H3. The van der Waals surface area contributed by atoms with Crippen LogP contribution in [0.3, 0.4) is 0 Å². The van der Waals surface area contributed by atoms with E-state index in [1.54, 1.807) is 37.4 Å². The molecule has 0 fully saturated rings. The minimum atomic E-state index is -0.531. The van der Waals surface area contributed by atoms with Crippen molar-refractivity contribution >= 4 is 39.1 Å². The molecule has 7 heteroatoms. The Kier molecular flexibility index (Phi) is 6.93. The van der Waals surface area contributed by atoms with Crippen molar-refractivity contribution in [3.8, 4) is 34.3 Å². The molecule has 0 aliphatic rings. The molecule has 0 aliphatic carbocycles. The van der Waals surface area contributed by atoms with Crippen molar-refractivity contribution in [2.45, 2.75) is 6.92 Å². The molecule has 0 unspecified atom stereocenters. The van der Waals surface area contributed by atoms with Crippen molar-refractivity contribution in [3.63, 3.8) is 0 Å². The van der Waals surface area contributed by atoms with Crippen LogP contribution < -0.4 is 19.6 Å². The van der Waals surface area contributed by atoms with Crippen LogP contribution in [0.2, 0.25) is 0 Å². The summed E-state index contributed by atoms with van der Waals surface area (Å²) in [5.41, 5.74) is 1.83. The molecule has 0 radical (unpaired) electrons. The molecule has 1 heterocycles.